The Balaban J connectivity index is 1.18. The van der Waals surface area contributed by atoms with Crippen molar-refractivity contribution in [1.29, 1.82) is 0 Å². The van der Waals surface area contributed by atoms with Crippen molar-refractivity contribution in [3.8, 4) is 5.75 Å². The summed E-state index contributed by atoms with van der Waals surface area (Å²) in [6, 6.07) is 12.1. The first-order valence-electron chi connectivity index (χ1n) is 11.6. The number of benzene rings is 1. The van der Waals surface area contributed by atoms with E-state index in [9.17, 15) is 10.2 Å². The van der Waals surface area contributed by atoms with E-state index >= 15 is 0 Å². The van der Waals surface area contributed by atoms with Gasteiger partial charge in [-0.1, -0.05) is 0 Å². The molecule has 1 saturated heterocycles. The van der Waals surface area contributed by atoms with Gasteiger partial charge in [-0.25, -0.2) is 14.5 Å². The van der Waals surface area contributed by atoms with E-state index in [0.717, 1.165) is 20.3 Å². The lowest BCUT2D eigenvalue weighted by Gasteiger charge is -2.26. The van der Waals surface area contributed by atoms with Gasteiger partial charge in [0.05, 0.1) is 11.2 Å². The molecule has 3 aromatic heterocycles. The summed E-state index contributed by atoms with van der Waals surface area (Å²) < 4.78 is 14.4. The van der Waals surface area contributed by atoms with Gasteiger partial charge in [0, 0.05) is 21.1 Å². The molecule has 5 N–H and O–H groups in total. The molecule has 1 aliphatic heterocycles. The zero-order chi connectivity index (χ0) is 24.1. The van der Waals surface area contributed by atoms with Gasteiger partial charge in [-0.15, -0.1) is 0 Å². The molecule has 1 aromatic carbocycles. The second kappa shape index (κ2) is 9.04. The van der Waals surface area contributed by atoms with Crippen LogP contribution in [0.5, 0.6) is 5.75 Å². The highest BCUT2D eigenvalue weighted by atomic mass is 127. The Bertz CT molecular complexity index is 1390. The van der Waals surface area contributed by atoms with Crippen LogP contribution in [0.15, 0.2) is 42.7 Å². The molecule has 4 aromatic rings. The fourth-order valence-electron chi connectivity index (χ4n) is 4.59. The van der Waals surface area contributed by atoms with Crippen LogP contribution in [0.1, 0.15) is 31.1 Å². The van der Waals surface area contributed by atoms with E-state index in [4.69, 9.17) is 20.2 Å². The van der Waals surface area contributed by atoms with Crippen molar-refractivity contribution in [2.75, 3.05) is 17.7 Å². The van der Waals surface area contributed by atoms with Crippen molar-refractivity contribution >= 4 is 50.6 Å². The topological polar surface area (TPSA) is 140 Å². The summed E-state index contributed by atoms with van der Waals surface area (Å²) in [6.07, 6.45) is 1.17. The van der Waals surface area contributed by atoms with Gasteiger partial charge in [0.25, 0.3) is 0 Å². The lowest BCUT2D eigenvalue weighted by Crippen LogP contribution is -2.34. The first kappa shape index (κ1) is 22.7. The first-order valence-corrected chi connectivity index (χ1v) is 12.6. The van der Waals surface area contributed by atoms with Crippen molar-refractivity contribution in [3.05, 3.63) is 52.0 Å². The first-order chi connectivity index (χ1) is 17.0. The van der Waals surface area contributed by atoms with Gasteiger partial charge in [0.1, 0.15) is 54.4 Å². The molecule has 0 unspecified atom stereocenters. The number of halogens is 1. The molecule has 2 aliphatic rings. The highest BCUT2D eigenvalue weighted by Gasteiger charge is 2.45. The van der Waals surface area contributed by atoms with Crippen LogP contribution in [0.3, 0.4) is 0 Å². The van der Waals surface area contributed by atoms with Gasteiger partial charge in [0.2, 0.25) is 0 Å². The highest BCUT2D eigenvalue weighted by molar-refractivity contribution is 14.1. The number of rotatable bonds is 6. The van der Waals surface area contributed by atoms with Crippen LogP contribution in [0.25, 0.3) is 16.4 Å². The molecular weight excluding hydrogens is 563 g/mol. The van der Waals surface area contributed by atoms with E-state index in [1.807, 2.05) is 36.4 Å². The molecule has 182 valence electrons. The third-order valence-corrected chi connectivity index (χ3v) is 7.57. The third kappa shape index (κ3) is 4.15. The van der Waals surface area contributed by atoms with Crippen molar-refractivity contribution in [3.63, 3.8) is 0 Å². The number of ether oxygens (including phenoxy) is 2. The van der Waals surface area contributed by atoms with Gasteiger partial charge in [-0.05, 0) is 72.2 Å². The minimum Gasteiger partial charge on any atom is -0.491 e. The molecular formula is C24H25IN6O4. The Morgan fingerprint density at radius 1 is 1.17 bits per heavy atom. The van der Waals surface area contributed by atoms with Gasteiger partial charge in [-0.2, -0.15) is 5.10 Å². The predicted octanol–water partition coefficient (Wildman–Crippen LogP) is 2.67. The number of aliphatic hydroxyl groups excluding tert-OH is 2. The second-order valence-corrected chi connectivity index (χ2v) is 10.2. The van der Waals surface area contributed by atoms with Crippen molar-refractivity contribution in [2.45, 2.75) is 49.7 Å². The number of fused-ring (bicyclic) bond motifs is 2. The van der Waals surface area contributed by atoms with E-state index in [-0.39, 0.29) is 6.61 Å². The number of anilines is 2. The minimum absolute atomic E-state index is 0.0672. The van der Waals surface area contributed by atoms with Gasteiger partial charge >= 0.3 is 0 Å². The van der Waals surface area contributed by atoms with Crippen LogP contribution < -0.4 is 15.8 Å². The molecule has 4 heterocycles. The second-order valence-electron chi connectivity index (χ2n) is 9.03. The van der Waals surface area contributed by atoms with E-state index < -0.39 is 24.4 Å². The molecule has 0 amide bonds. The summed E-state index contributed by atoms with van der Waals surface area (Å²) in [5.74, 6) is 1.81. The zero-order valence-corrected chi connectivity index (χ0v) is 20.9. The lowest BCUT2D eigenvalue weighted by atomic mass is 9.93. The third-order valence-electron chi connectivity index (χ3n) is 6.75. The van der Waals surface area contributed by atoms with Gasteiger partial charge < -0.3 is 30.7 Å². The fraction of sp³-hybridized carbons (Fsp3) is 0.375. The standard InChI is InChI=1S/C24H25IN6O4/c25-15-9-17(31-20(15)24(26)27-11-28-31)23-22(33)21(32)18(35-23)10-34-14-6-4-12-5-7-19(30-16(12)8-14)29-13-2-1-3-13/h4-9,11,13,18,21-23,32-33H,1-3,10H2,(H,29,30)(H2,26,27,28)/t18-,21-,22-,23+/m1/s1. The number of nitrogens with one attached hydrogen (secondary N) is 1. The number of aliphatic hydroxyl groups is 2. The Labute approximate surface area is 214 Å². The Morgan fingerprint density at radius 3 is 2.80 bits per heavy atom. The normalized spacial score (nSPS) is 24.7. The van der Waals surface area contributed by atoms with Crippen LogP contribution >= 0.6 is 22.6 Å². The molecule has 1 saturated carbocycles. The molecule has 35 heavy (non-hydrogen) atoms. The molecule has 10 nitrogen and oxygen atoms in total. The Morgan fingerprint density at radius 2 is 2.00 bits per heavy atom. The molecule has 0 radical (unpaired) electrons. The predicted molar refractivity (Wildman–Crippen MR) is 138 cm³/mol. The Hall–Kier alpha value is -2.74. The molecule has 2 fully saturated rings. The maximum Gasteiger partial charge on any atom is 0.152 e. The molecule has 11 heteroatoms. The summed E-state index contributed by atoms with van der Waals surface area (Å²) >= 11 is 2.14. The summed E-state index contributed by atoms with van der Waals surface area (Å²) in [5, 5.41) is 30.2. The largest absolute Gasteiger partial charge is 0.491 e. The van der Waals surface area contributed by atoms with Crippen molar-refractivity contribution < 1.29 is 19.7 Å². The van der Waals surface area contributed by atoms with Crippen LogP contribution in [-0.4, -0.2) is 60.8 Å². The average molecular weight is 588 g/mol. The highest BCUT2D eigenvalue weighted by Crippen LogP contribution is 2.36. The summed E-state index contributed by atoms with van der Waals surface area (Å²) in [6.45, 7) is 0.0672. The number of nitrogens with zero attached hydrogens (tertiary/aromatic N) is 4. The van der Waals surface area contributed by atoms with E-state index in [1.165, 1.54) is 25.6 Å². The van der Waals surface area contributed by atoms with E-state index in [1.54, 1.807) is 4.52 Å². The maximum absolute atomic E-state index is 10.7. The van der Waals surface area contributed by atoms with Gasteiger partial charge in [0.15, 0.2) is 5.82 Å². The summed E-state index contributed by atoms with van der Waals surface area (Å²) in [4.78, 5) is 8.74. The molecule has 4 atom stereocenters. The van der Waals surface area contributed by atoms with Crippen molar-refractivity contribution in [2.24, 2.45) is 0 Å². The number of nitrogens with two attached hydrogens (primary N) is 1. The number of hydrogen-bond donors (Lipinski definition) is 4. The monoisotopic (exact) mass is 588 g/mol. The number of pyridine rings is 1. The summed E-state index contributed by atoms with van der Waals surface area (Å²) in [5.41, 5.74) is 8.05. The van der Waals surface area contributed by atoms with Gasteiger partial charge in [-0.3, -0.25) is 0 Å². The molecule has 0 bridgehead atoms. The lowest BCUT2D eigenvalue weighted by molar-refractivity contribution is -0.0187. The van der Waals surface area contributed by atoms with Crippen molar-refractivity contribution in [1.82, 2.24) is 19.6 Å². The molecule has 1 aliphatic carbocycles. The number of aromatic nitrogens is 4. The Kier molecular flexibility index (Phi) is 5.87. The average Bonchev–Trinajstić information content (AvgIpc) is 3.31. The maximum atomic E-state index is 10.7. The summed E-state index contributed by atoms with van der Waals surface area (Å²) in [7, 11) is 0. The quantitative estimate of drug-likeness (QED) is 0.251. The number of nitrogen functional groups attached to an aromatic ring is 1. The SMILES string of the molecule is Nc1ncnn2c([C@@H]3O[C@H](COc4ccc5ccc(NC6CCC6)nc5c4)[C@@H](O)[C@H]3O)cc(I)c12. The zero-order valence-electron chi connectivity index (χ0n) is 18.7. The van der Waals surface area contributed by atoms with E-state index in [0.29, 0.717) is 28.8 Å². The van der Waals surface area contributed by atoms with E-state index in [2.05, 4.69) is 38.0 Å². The van der Waals surface area contributed by atoms with Crippen LogP contribution in [0, 0.1) is 3.57 Å². The molecule has 6 rings (SSSR count). The minimum atomic E-state index is -1.15. The van der Waals surface area contributed by atoms with Crippen LogP contribution in [0.2, 0.25) is 0 Å². The smallest absolute Gasteiger partial charge is 0.152 e. The molecule has 0 spiro atoms. The van der Waals surface area contributed by atoms with Crippen LogP contribution in [-0.2, 0) is 4.74 Å². The number of hydrogen-bond acceptors (Lipinski definition) is 9. The van der Waals surface area contributed by atoms with Crippen LogP contribution in [0.4, 0.5) is 11.6 Å². The fourth-order valence-corrected chi connectivity index (χ4v) is 5.41.